The molecule has 0 aliphatic rings. The van der Waals surface area contributed by atoms with Crippen LogP contribution in [-0.2, 0) is 11.2 Å². The molecule has 0 saturated carbocycles. The zero-order valence-corrected chi connectivity index (χ0v) is 17.2. The number of para-hydroxylation sites is 1. The van der Waals surface area contributed by atoms with Gasteiger partial charge in [0.15, 0.2) is 4.34 Å². The molecule has 1 aromatic heterocycles. The van der Waals surface area contributed by atoms with Crippen molar-refractivity contribution in [1.29, 1.82) is 0 Å². The zero-order valence-electron chi connectivity index (χ0n) is 15.6. The fourth-order valence-corrected chi connectivity index (χ4v) is 4.24. The average Bonchev–Trinajstić information content (AvgIpc) is 3.09. The van der Waals surface area contributed by atoms with Crippen molar-refractivity contribution in [3.8, 4) is 0 Å². The monoisotopic (exact) mass is 398 g/mol. The number of benzene rings is 2. The van der Waals surface area contributed by atoms with Crippen LogP contribution in [0.4, 0.5) is 16.5 Å². The third-order valence-electron chi connectivity index (χ3n) is 4.01. The standard InChI is InChI=1S/C20H22N4OS2/c1-4-15-9-6-8-14(3)18(15)22-17(25)12-26-20-24-23-19(27-20)21-16-10-5-7-13(2)11-16/h5-11H,4,12H2,1-3H3,(H,21,23)(H,22,25). The summed E-state index contributed by atoms with van der Waals surface area (Å²) in [6.07, 6.45) is 0.884. The van der Waals surface area contributed by atoms with E-state index >= 15 is 0 Å². The van der Waals surface area contributed by atoms with Gasteiger partial charge in [0.2, 0.25) is 11.0 Å². The molecule has 3 rings (SSSR count). The molecule has 2 N–H and O–H groups in total. The molecule has 27 heavy (non-hydrogen) atoms. The minimum atomic E-state index is -0.0348. The molecule has 7 heteroatoms. The molecule has 140 valence electrons. The maximum atomic E-state index is 12.4. The fraction of sp³-hybridized carbons (Fsp3) is 0.250. The Balaban J connectivity index is 1.56. The van der Waals surface area contributed by atoms with Gasteiger partial charge in [-0.3, -0.25) is 4.79 Å². The largest absolute Gasteiger partial charge is 0.330 e. The van der Waals surface area contributed by atoms with Gasteiger partial charge in [-0.05, 0) is 49.1 Å². The van der Waals surface area contributed by atoms with Gasteiger partial charge in [-0.1, -0.05) is 60.4 Å². The molecular formula is C20H22N4OS2. The third kappa shape index (κ3) is 5.30. The molecule has 0 bridgehead atoms. The molecule has 0 atom stereocenters. The lowest BCUT2D eigenvalue weighted by molar-refractivity contribution is -0.113. The number of hydrogen-bond donors (Lipinski definition) is 2. The van der Waals surface area contributed by atoms with Crippen LogP contribution in [0.25, 0.3) is 0 Å². The van der Waals surface area contributed by atoms with Crippen LogP contribution >= 0.6 is 23.1 Å². The highest BCUT2D eigenvalue weighted by molar-refractivity contribution is 8.01. The summed E-state index contributed by atoms with van der Waals surface area (Å²) in [5.74, 6) is 0.267. The minimum Gasteiger partial charge on any atom is -0.330 e. The van der Waals surface area contributed by atoms with Crippen LogP contribution in [-0.4, -0.2) is 21.9 Å². The van der Waals surface area contributed by atoms with Gasteiger partial charge in [0, 0.05) is 11.4 Å². The van der Waals surface area contributed by atoms with E-state index in [1.807, 2.05) is 50.2 Å². The van der Waals surface area contributed by atoms with Crippen molar-refractivity contribution < 1.29 is 4.79 Å². The van der Waals surface area contributed by atoms with Crippen molar-refractivity contribution in [2.45, 2.75) is 31.5 Å². The topological polar surface area (TPSA) is 66.9 Å². The summed E-state index contributed by atoms with van der Waals surface area (Å²) in [6.45, 7) is 6.14. The Bertz CT molecular complexity index is 939. The summed E-state index contributed by atoms with van der Waals surface area (Å²) in [7, 11) is 0. The fourth-order valence-electron chi connectivity index (χ4n) is 2.67. The Hall–Kier alpha value is -2.38. The molecular weight excluding hydrogens is 376 g/mol. The molecule has 1 heterocycles. The van der Waals surface area contributed by atoms with Gasteiger partial charge >= 0.3 is 0 Å². The number of amides is 1. The first-order valence-electron chi connectivity index (χ1n) is 8.73. The summed E-state index contributed by atoms with van der Waals surface area (Å²) in [4.78, 5) is 12.4. The number of nitrogens with zero attached hydrogens (tertiary/aromatic N) is 2. The highest BCUT2D eigenvalue weighted by atomic mass is 32.2. The molecule has 0 fully saturated rings. The van der Waals surface area contributed by atoms with E-state index in [0.29, 0.717) is 5.75 Å². The maximum Gasteiger partial charge on any atom is 0.234 e. The van der Waals surface area contributed by atoms with Crippen molar-refractivity contribution in [2.75, 3.05) is 16.4 Å². The summed E-state index contributed by atoms with van der Waals surface area (Å²) in [6, 6.07) is 14.2. The molecule has 3 aromatic rings. The summed E-state index contributed by atoms with van der Waals surface area (Å²) >= 11 is 2.84. The second kappa shape index (κ2) is 9.01. The predicted octanol–water partition coefficient (Wildman–Crippen LogP) is 5.19. The molecule has 0 aliphatic carbocycles. The zero-order chi connectivity index (χ0) is 19.2. The highest BCUT2D eigenvalue weighted by Crippen LogP contribution is 2.28. The van der Waals surface area contributed by atoms with Crippen molar-refractivity contribution in [2.24, 2.45) is 0 Å². The third-order valence-corrected chi connectivity index (χ3v) is 5.98. The first-order chi connectivity index (χ1) is 13.0. The normalized spacial score (nSPS) is 10.6. The van der Waals surface area contributed by atoms with E-state index in [2.05, 4.69) is 33.8 Å². The van der Waals surface area contributed by atoms with Crippen LogP contribution in [0.1, 0.15) is 23.6 Å². The summed E-state index contributed by atoms with van der Waals surface area (Å²) < 4.78 is 0.765. The second-order valence-corrected chi connectivity index (χ2v) is 8.37. The Kier molecular flexibility index (Phi) is 6.47. The Labute approximate surface area is 167 Å². The lowest BCUT2D eigenvalue weighted by Crippen LogP contribution is -2.16. The Morgan fingerprint density at radius 2 is 1.96 bits per heavy atom. The SMILES string of the molecule is CCc1cccc(C)c1NC(=O)CSc1nnc(Nc2cccc(C)c2)s1. The van der Waals surface area contributed by atoms with Crippen LogP contribution in [0.3, 0.4) is 0 Å². The maximum absolute atomic E-state index is 12.4. The van der Waals surface area contributed by atoms with E-state index in [1.165, 1.54) is 28.7 Å². The van der Waals surface area contributed by atoms with Gasteiger partial charge in [-0.25, -0.2) is 0 Å². The van der Waals surface area contributed by atoms with Crippen LogP contribution in [0.2, 0.25) is 0 Å². The van der Waals surface area contributed by atoms with Gasteiger partial charge in [0.25, 0.3) is 0 Å². The number of nitrogens with one attached hydrogen (secondary N) is 2. The lowest BCUT2D eigenvalue weighted by atomic mass is 10.1. The van der Waals surface area contributed by atoms with E-state index in [-0.39, 0.29) is 5.91 Å². The number of hydrogen-bond acceptors (Lipinski definition) is 6. The van der Waals surface area contributed by atoms with Gasteiger partial charge in [-0.2, -0.15) is 0 Å². The molecule has 0 aliphatic heterocycles. The Morgan fingerprint density at radius 1 is 1.15 bits per heavy atom. The molecule has 0 spiro atoms. The van der Waals surface area contributed by atoms with Crippen molar-refractivity contribution >= 4 is 45.5 Å². The predicted molar refractivity (Wildman–Crippen MR) is 114 cm³/mol. The lowest BCUT2D eigenvalue weighted by Gasteiger charge is -2.12. The second-order valence-electron chi connectivity index (χ2n) is 6.17. The van der Waals surface area contributed by atoms with E-state index < -0.39 is 0 Å². The van der Waals surface area contributed by atoms with Crippen LogP contribution < -0.4 is 10.6 Å². The highest BCUT2D eigenvalue weighted by Gasteiger charge is 2.11. The first kappa shape index (κ1) is 19.4. The molecule has 2 aromatic carbocycles. The number of carbonyl (C=O) groups is 1. The molecule has 0 unspecified atom stereocenters. The van der Waals surface area contributed by atoms with Crippen LogP contribution in [0, 0.1) is 13.8 Å². The summed E-state index contributed by atoms with van der Waals surface area (Å²) in [5, 5.41) is 15.3. The number of carbonyl (C=O) groups excluding carboxylic acids is 1. The number of anilines is 3. The van der Waals surface area contributed by atoms with Gasteiger partial charge in [0.1, 0.15) is 0 Å². The number of rotatable bonds is 7. The van der Waals surface area contributed by atoms with E-state index in [4.69, 9.17) is 0 Å². The van der Waals surface area contributed by atoms with E-state index in [1.54, 1.807) is 0 Å². The average molecular weight is 399 g/mol. The number of thioether (sulfide) groups is 1. The van der Waals surface area contributed by atoms with E-state index in [9.17, 15) is 4.79 Å². The first-order valence-corrected chi connectivity index (χ1v) is 10.5. The van der Waals surface area contributed by atoms with Gasteiger partial charge < -0.3 is 10.6 Å². The van der Waals surface area contributed by atoms with Crippen LogP contribution in [0.15, 0.2) is 46.8 Å². The van der Waals surface area contributed by atoms with Crippen LogP contribution in [0.5, 0.6) is 0 Å². The number of aryl methyl sites for hydroxylation is 3. The minimum absolute atomic E-state index is 0.0348. The molecule has 0 radical (unpaired) electrons. The van der Waals surface area contributed by atoms with Gasteiger partial charge in [0.05, 0.1) is 5.75 Å². The van der Waals surface area contributed by atoms with Gasteiger partial charge in [-0.15, -0.1) is 10.2 Å². The van der Waals surface area contributed by atoms with Crippen molar-refractivity contribution in [3.05, 3.63) is 59.2 Å². The van der Waals surface area contributed by atoms with Crippen molar-refractivity contribution in [3.63, 3.8) is 0 Å². The molecule has 5 nitrogen and oxygen atoms in total. The smallest absolute Gasteiger partial charge is 0.234 e. The molecule has 0 saturated heterocycles. The number of aromatic nitrogens is 2. The quantitative estimate of drug-likeness (QED) is 0.536. The van der Waals surface area contributed by atoms with E-state index in [0.717, 1.165) is 38.4 Å². The Morgan fingerprint density at radius 3 is 2.74 bits per heavy atom. The van der Waals surface area contributed by atoms with Crippen molar-refractivity contribution in [1.82, 2.24) is 10.2 Å². The molecule has 1 amide bonds. The summed E-state index contributed by atoms with van der Waals surface area (Å²) in [5.41, 5.74) is 5.30.